The minimum atomic E-state index is -1.13. The highest BCUT2D eigenvalue weighted by Gasteiger charge is 2.35. The Morgan fingerprint density at radius 1 is 1.25 bits per heavy atom. The van der Waals surface area contributed by atoms with E-state index in [1.807, 2.05) is 19.1 Å². The van der Waals surface area contributed by atoms with Crippen molar-refractivity contribution in [3.8, 4) is 22.6 Å². The molecular formula is C24H22FNO5S. The summed E-state index contributed by atoms with van der Waals surface area (Å²) in [5.74, 6) is -1.05. The summed E-state index contributed by atoms with van der Waals surface area (Å²) in [6, 6.07) is 11.2. The van der Waals surface area contributed by atoms with Crippen LogP contribution in [-0.4, -0.2) is 30.7 Å². The number of aromatic carboxylic acids is 1. The highest BCUT2D eigenvalue weighted by molar-refractivity contribution is 7.15. The lowest BCUT2D eigenvalue weighted by atomic mass is 9.88. The van der Waals surface area contributed by atoms with Crippen molar-refractivity contribution in [2.24, 2.45) is 0 Å². The number of anilines is 1. The van der Waals surface area contributed by atoms with E-state index in [9.17, 15) is 19.1 Å². The van der Waals surface area contributed by atoms with Gasteiger partial charge in [0.05, 0.1) is 19.4 Å². The van der Waals surface area contributed by atoms with E-state index >= 15 is 0 Å². The predicted octanol–water partition coefficient (Wildman–Crippen LogP) is 5.52. The topological polar surface area (TPSA) is 84.9 Å². The van der Waals surface area contributed by atoms with Crippen molar-refractivity contribution in [1.82, 2.24) is 0 Å². The number of carbonyl (C=O) groups is 2. The molecule has 0 saturated heterocycles. The zero-order chi connectivity index (χ0) is 22.8. The van der Waals surface area contributed by atoms with Gasteiger partial charge in [-0.3, -0.25) is 4.79 Å². The van der Waals surface area contributed by atoms with Crippen molar-refractivity contribution in [2.45, 2.75) is 25.7 Å². The van der Waals surface area contributed by atoms with Crippen LogP contribution in [0.15, 0.2) is 42.5 Å². The number of thiophene rings is 1. The second-order valence-corrected chi connectivity index (χ2v) is 8.48. The van der Waals surface area contributed by atoms with Crippen LogP contribution >= 0.6 is 11.3 Å². The van der Waals surface area contributed by atoms with Gasteiger partial charge < -0.3 is 19.9 Å². The molecule has 6 nitrogen and oxygen atoms in total. The number of carboxylic acid groups (broad SMARTS) is 1. The molecule has 0 fully saturated rings. The Kier molecular flexibility index (Phi) is 6.14. The Labute approximate surface area is 188 Å². The number of carbonyl (C=O) groups excluding carboxylic acids is 1. The average molecular weight is 456 g/mol. The molecule has 32 heavy (non-hydrogen) atoms. The van der Waals surface area contributed by atoms with Crippen LogP contribution in [0.5, 0.6) is 11.5 Å². The number of carboxylic acids is 1. The minimum absolute atomic E-state index is 0.0590. The zero-order valence-electron chi connectivity index (χ0n) is 17.6. The molecule has 0 saturated carbocycles. The van der Waals surface area contributed by atoms with Crippen molar-refractivity contribution < 1.29 is 28.6 Å². The van der Waals surface area contributed by atoms with Crippen molar-refractivity contribution in [3.05, 3.63) is 63.6 Å². The molecule has 2 N–H and O–H groups in total. The molecule has 2 aromatic carbocycles. The first kappa shape index (κ1) is 21.8. The number of hydrogen-bond acceptors (Lipinski definition) is 5. The van der Waals surface area contributed by atoms with Crippen LogP contribution < -0.4 is 14.8 Å². The Morgan fingerprint density at radius 3 is 2.75 bits per heavy atom. The maximum atomic E-state index is 13.9. The summed E-state index contributed by atoms with van der Waals surface area (Å²) in [5, 5.41) is 12.7. The quantitative estimate of drug-likeness (QED) is 0.490. The van der Waals surface area contributed by atoms with Crippen LogP contribution in [0, 0.1) is 5.82 Å². The number of hydrogen-bond donors (Lipinski definition) is 2. The molecule has 1 aliphatic rings. The third-order valence-electron chi connectivity index (χ3n) is 5.27. The summed E-state index contributed by atoms with van der Waals surface area (Å²) in [7, 11) is 1.56. The van der Waals surface area contributed by atoms with Crippen molar-refractivity contribution in [3.63, 3.8) is 0 Å². The van der Waals surface area contributed by atoms with E-state index in [0.717, 1.165) is 23.3 Å². The van der Waals surface area contributed by atoms with Gasteiger partial charge in [-0.15, -0.1) is 11.3 Å². The van der Waals surface area contributed by atoms with Crippen molar-refractivity contribution >= 4 is 28.9 Å². The first-order chi connectivity index (χ1) is 15.4. The largest absolute Gasteiger partial charge is 0.493 e. The maximum Gasteiger partial charge on any atom is 0.346 e. The third-order valence-corrected chi connectivity index (χ3v) is 6.56. The summed E-state index contributed by atoms with van der Waals surface area (Å²) in [6.07, 6.45) is 0.988. The molecule has 0 spiro atoms. The Balaban J connectivity index is 1.87. The standard InChI is InChI=1S/C24H22FNO5S/c1-3-9-31-18-11-13(7-8-17(18)30-2)16-12-19(27)26-21-20(14-5-4-6-15(25)10-14)23(24(28)29)32-22(16)21/h4-8,10-11,16H,3,9,12H2,1-2H3,(H,26,27)(H,28,29)/t16-/m1/s1. The highest BCUT2D eigenvalue weighted by atomic mass is 32.1. The number of benzene rings is 2. The van der Waals surface area contributed by atoms with Gasteiger partial charge in [0.15, 0.2) is 11.5 Å². The van der Waals surface area contributed by atoms with Crippen LogP contribution in [0.2, 0.25) is 0 Å². The number of halogens is 1. The van der Waals surface area contributed by atoms with Gasteiger partial charge in [0.2, 0.25) is 5.91 Å². The number of methoxy groups -OCH3 is 1. The zero-order valence-corrected chi connectivity index (χ0v) is 18.4. The van der Waals surface area contributed by atoms with Gasteiger partial charge >= 0.3 is 5.97 Å². The van der Waals surface area contributed by atoms with Gasteiger partial charge in [0, 0.05) is 22.8 Å². The molecule has 4 rings (SSSR count). The Hall–Kier alpha value is -3.39. The van der Waals surface area contributed by atoms with E-state index in [0.29, 0.717) is 39.8 Å². The van der Waals surface area contributed by atoms with E-state index in [1.54, 1.807) is 19.2 Å². The van der Waals surface area contributed by atoms with Crippen molar-refractivity contribution in [2.75, 3.05) is 19.0 Å². The van der Waals surface area contributed by atoms with E-state index in [-0.39, 0.29) is 23.1 Å². The number of rotatable bonds is 7. The third kappa shape index (κ3) is 4.05. The molecule has 0 unspecified atom stereocenters. The second-order valence-electron chi connectivity index (χ2n) is 7.42. The van der Waals surface area contributed by atoms with Gasteiger partial charge in [-0.1, -0.05) is 25.1 Å². The number of amides is 1. The fourth-order valence-electron chi connectivity index (χ4n) is 3.86. The van der Waals surface area contributed by atoms with Gasteiger partial charge in [0.25, 0.3) is 0 Å². The molecule has 1 atom stereocenters. The SMILES string of the molecule is CCCOc1cc([C@H]2CC(=O)Nc3c2sc(C(=O)O)c3-c2cccc(F)c2)ccc1OC. The summed E-state index contributed by atoms with van der Waals surface area (Å²) in [6.45, 7) is 2.52. The molecule has 0 bridgehead atoms. The van der Waals surface area contributed by atoms with E-state index in [2.05, 4.69) is 5.32 Å². The van der Waals surface area contributed by atoms with Crippen molar-refractivity contribution in [1.29, 1.82) is 0 Å². The van der Waals surface area contributed by atoms with Gasteiger partial charge in [-0.05, 0) is 41.8 Å². The first-order valence-corrected chi connectivity index (χ1v) is 11.0. The summed E-state index contributed by atoms with van der Waals surface area (Å²) in [4.78, 5) is 25.5. The van der Waals surface area contributed by atoms with E-state index in [1.165, 1.54) is 18.2 Å². The molecule has 166 valence electrons. The molecule has 0 radical (unpaired) electrons. The lowest BCUT2D eigenvalue weighted by Crippen LogP contribution is -2.22. The average Bonchev–Trinajstić information content (AvgIpc) is 3.16. The van der Waals surface area contributed by atoms with Crippen LogP contribution in [0.1, 0.15) is 45.8 Å². The highest BCUT2D eigenvalue weighted by Crippen LogP contribution is 2.50. The predicted molar refractivity (Wildman–Crippen MR) is 121 cm³/mol. The number of nitrogens with one attached hydrogen (secondary N) is 1. The molecule has 2 heterocycles. The molecule has 1 aromatic heterocycles. The summed E-state index contributed by atoms with van der Waals surface area (Å²) in [5.41, 5.74) is 1.97. The number of fused-ring (bicyclic) bond motifs is 1. The van der Waals surface area contributed by atoms with E-state index < -0.39 is 11.8 Å². The first-order valence-electron chi connectivity index (χ1n) is 10.2. The molecule has 1 amide bonds. The van der Waals surface area contributed by atoms with Gasteiger partial charge in [-0.25, -0.2) is 9.18 Å². The molecule has 3 aromatic rings. The number of ether oxygens (including phenoxy) is 2. The Morgan fingerprint density at radius 2 is 2.06 bits per heavy atom. The summed E-state index contributed by atoms with van der Waals surface area (Å²) >= 11 is 1.10. The van der Waals surface area contributed by atoms with E-state index in [4.69, 9.17) is 9.47 Å². The monoisotopic (exact) mass is 455 g/mol. The lowest BCUT2D eigenvalue weighted by molar-refractivity contribution is -0.116. The lowest BCUT2D eigenvalue weighted by Gasteiger charge is -2.24. The smallest absolute Gasteiger partial charge is 0.346 e. The molecule has 8 heteroatoms. The molecule has 0 aliphatic carbocycles. The van der Waals surface area contributed by atoms with Crippen LogP contribution in [0.4, 0.5) is 10.1 Å². The minimum Gasteiger partial charge on any atom is -0.493 e. The van der Waals surface area contributed by atoms with Crippen LogP contribution in [0.3, 0.4) is 0 Å². The maximum absolute atomic E-state index is 13.9. The molecule has 1 aliphatic heterocycles. The second kappa shape index (κ2) is 9.00. The van der Waals surface area contributed by atoms with Crippen LogP contribution in [-0.2, 0) is 4.79 Å². The molecular weight excluding hydrogens is 433 g/mol. The van der Waals surface area contributed by atoms with Gasteiger partial charge in [0.1, 0.15) is 10.7 Å². The normalized spacial score (nSPS) is 15.1. The Bertz CT molecular complexity index is 1190. The fraction of sp³-hybridized carbons (Fsp3) is 0.250. The fourth-order valence-corrected chi connectivity index (χ4v) is 5.11. The summed E-state index contributed by atoms with van der Waals surface area (Å²) < 4.78 is 25.1. The van der Waals surface area contributed by atoms with Crippen LogP contribution in [0.25, 0.3) is 11.1 Å². The van der Waals surface area contributed by atoms with Gasteiger partial charge in [-0.2, -0.15) is 0 Å².